The van der Waals surface area contributed by atoms with E-state index in [0.29, 0.717) is 12.1 Å². The fraction of sp³-hybridized carbons (Fsp3) is 0.769. The van der Waals surface area contributed by atoms with Gasteiger partial charge in [-0.1, -0.05) is 0 Å². The van der Waals surface area contributed by atoms with Crippen LogP contribution in [0.5, 0.6) is 0 Å². The van der Waals surface area contributed by atoms with Gasteiger partial charge >= 0.3 is 0 Å². The zero-order valence-corrected chi connectivity index (χ0v) is 11.0. The third-order valence-electron chi connectivity index (χ3n) is 3.67. The molecule has 0 radical (unpaired) electrons. The van der Waals surface area contributed by atoms with E-state index < -0.39 is 0 Å². The van der Waals surface area contributed by atoms with Gasteiger partial charge in [0.1, 0.15) is 5.82 Å². The standard InChI is InChI=1S/C13H23N3O/c1-4-16-8-7-15-12(16)9-11(14-2)13(17-3)10-5-6-10/h7-8,10-11,13-14H,4-6,9H2,1-3H3. The second kappa shape index (κ2) is 5.65. The van der Waals surface area contributed by atoms with Crippen molar-refractivity contribution >= 4 is 0 Å². The number of imidazole rings is 1. The molecule has 4 nitrogen and oxygen atoms in total. The number of likely N-dealkylation sites (N-methyl/N-ethyl adjacent to an activating group) is 1. The van der Waals surface area contributed by atoms with E-state index in [1.165, 1.54) is 12.8 Å². The summed E-state index contributed by atoms with van der Waals surface area (Å²) in [5.41, 5.74) is 0. The lowest BCUT2D eigenvalue weighted by atomic mass is 10.0. The molecule has 0 aliphatic heterocycles. The van der Waals surface area contributed by atoms with Gasteiger partial charge in [-0.05, 0) is 32.7 Å². The summed E-state index contributed by atoms with van der Waals surface area (Å²) in [5, 5.41) is 3.39. The summed E-state index contributed by atoms with van der Waals surface area (Å²) < 4.78 is 7.85. The molecule has 1 heterocycles. The first kappa shape index (κ1) is 12.6. The number of hydrogen-bond acceptors (Lipinski definition) is 3. The molecular weight excluding hydrogens is 214 g/mol. The van der Waals surface area contributed by atoms with Crippen molar-refractivity contribution in [3.05, 3.63) is 18.2 Å². The van der Waals surface area contributed by atoms with Crippen LogP contribution in [0.4, 0.5) is 0 Å². The summed E-state index contributed by atoms with van der Waals surface area (Å²) in [7, 11) is 3.83. The minimum atomic E-state index is 0.321. The van der Waals surface area contributed by atoms with E-state index in [-0.39, 0.29) is 0 Å². The molecule has 1 aromatic heterocycles. The highest BCUT2D eigenvalue weighted by molar-refractivity contribution is 4.99. The topological polar surface area (TPSA) is 39.1 Å². The Kier molecular flexibility index (Phi) is 4.18. The lowest BCUT2D eigenvalue weighted by molar-refractivity contribution is 0.0526. The summed E-state index contributed by atoms with van der Waals surface area (Å²) in [6, 6.07) is 0.361. The fourth-order valence-corrected chi connectivity index (χ4v) is 2.51. The molecule has 1 fully saturated rings. The van der Waals surface area contributed by atoms with Crippen molar-refractivity contribution in [3.8, 4) is 0 Å². The zero-order valence-electron chi connectivity index (χ0n) is 11.0. The molecular formula is C13H23N3O. The van der Waals surface area contributed by atoms with Gasteiger partial charge in [-0.25, -0.2) is 4.98 Å². The van der Waals surface area contributed by atoms with Crippen LogP contribution < -0.4 is 5.32 Å². The molecule has 17 heavy (non-hydrogen) atoms. The first-order valence-corrected chi connectivity index (χ1v) is 6.50. The van der Waals surface area contributed by atoms with Crippen LogP contribution >= 0.6 is 0 Å². The summed E-state index contributed by atoms with van der Waals surface area (Å²) in [6.07, 6.45) is 7.79. The molecule has 0 spiro atoms. The Bertz CT molecular complexity index is 346. The largest absolute Gasteiger partial charge is 0.380 e. The van der Waals surface area contributed by atoms with E-state index in [0.717, 1.165) is 24.7 Å². The number of nitrogens with one attached hydrogen (secondary N) is 1. The number of hydrogen-bond donors (Lipinski definition) is 1. The molecule has 1 aromatic rings. The van der Waals surface area contributed by atoms with Crippen molar-refractivity contribution in [3.63, 3.8) is 0 Å². The Hall–Kier alpha value is -0.870. The van der Waals surface area contributed by atoms with Crippen LogP contribution in [0, 0.1) is 5.92 Å². The van der Waals surface area contributed by atoms with E-state index in [4.69, 9.17) is 4.74 Å². The van der Waals surface area contributed by atoms with Gasteiger partial charge in [0.15, 0.2) is 0 Å². The van der Waals surface area contributed by atoms with Crippen molar-refractivity contribution < 1.29 is 4.74 Å². The Labute approximate surface area is 103 Å². The highest BCUT2D eigenvalue weighted by Gasteiger charge is 2.36. The van der Waals surface area contributed by atoms with Crippen molar-refractivity contribution in [2.75, 3.05) is 14.2 Å². The van der Waals surface area contributed by atoms with Crippen LogP contribution in [0.1, 0.15) is 25.6 Å². The average molecular weight is 237 g/mol. The molecule has 0 amide bonds. The van der Waals surface area contributed by atoms with E-state index in [1.807, 2.05) is 26.6 Å². The van der Waals surface area contributed by atoms with Gasteiger partial charge in [0, 0.05) is 38.5 Å². The molecule has 96 valence electrons. The Morgan fingerprint density at radius 2 is 2.35 bits per heavy atom. The minimum absolute atomic E-state index is 0.321. The third kappa shape index (κ3) is 2.87. The van der Waals surface area contributed by atoms with Gasteiger partial charge in [0.05, 0.1) is 6.10 Å². The molecule has 2 rings (SSSR count). The molecule has 2 unspecified atom stereocenters. The summed E-state index contributed by atoms with van der Waals surface area (Å²) in [5.74, 6) is 1.89. The molecule has 0 bridgehead atoms. The summed E-state index contributed by atoms with van der Waals surface area (Å²) in [6.45, 7) is 3.13. The first-order chi connectivity index (χ1) is 8.30. The smallest absolute Gasteiger partial charge is 0.110 e. The van der Waals surface area contributed by atoms with Gasteiger partial charge in [-0.15, -0.1) is 0 Å². The number of ether oxygens (including phenoxy) is 1. The maximum Gasteiger partial charge on any atom is 0.110 e. The monoisotopic (exact) mass is 237 g/mol. The van der Waals surface area contributed by atoms with E-state index in [9.17, 15) is 0 Å². The minimum Gasteiger partial charge on any atom is -0.380 e. The van der Waals surface area contributed by atoms with Gasteiger partial charge in [-0.2, -0.15) is 0 Å². The van der Waals surface area contributed by atoms with Gasteiger partial charge < -0.3 is 14.6 Å². The molecule has 4 heteroatoms. The maximum absolute atomic E-state index is 5.65. The van der Waals surface area contributed by atoms with Gasteiger partial charge in [0.2, 0.25) is 0 Å². The highest BCUT2D eigenvalue weighted by atomic mass is 16.5. The lowest BCUT2D eigenvalue weighted by Crippen LogP contribution is -2.42. The number of aryl methyl sites for hydroxylation is 1. The molecule has 1 aliphatic carbocycles. The van der Waals surface area contributed by atoms with Gasteiger partial charge in [-0.3, -0.25) is 0 Å². The Morgan fingerprint density at radius 3 is 2.88 bits per heavy atom. The number of nitrogens with zero attached hydrogens (tertiary/aromatic N) is 2. The second-order valence-corrected chi connectivity index (χ2v) is 4.77. The lowest BCUT2D eigenvalue weighted by Gasteiger charge is -2.25. The number of aromatic nitrogens is 2. The Balaban J connectivity index is 2.03. The van der Waals surface area contributed by atoms with Crippen LogP contribution in [0.3, 0.4) is 0 Å². The van der Waals surface area contributed by atoms with Crippen LogP contribution in [-0.4, -0.2) is 35.9 Å². The molecule has 1 aliphatic rings. The summed E-state index contributed by atoms with van der Waals surface area (Å²) in [4.78, 5) is 4.44. The molecule has 1 N–H and O–H groups in total. The maximum atomic E-state index is 5.65. The number of methoxy groups -OCH3 is 1. The zero-order chi connectivity index (χ0) is 12.3. The van der Waals surface area contributed by atoms with Crippen LogP contribution in [-0.2, 0) is 17.7 Å². The predicted molar refractivity (Wildman–Crippen MR) is 68.0 cm³/mol. The first-order valence-electron chi connectivity index (χ1n) is 6.50. The van der Waals surface area contributed by atoms with E-state index in [1.54, 1.807) is 0 Å². The SMILES string of the molecule is CCn1ccnc1CC(NC)C(OC)C1CC1. The Morgan fingerprint density at radius 1 is 1.59 bits per heavy atom. The van der Waals surface area contributed by atoms with E-state index in [2.05, 4.69) is 21.8 Å². The van der Waals surface area contributed by atoms with E-state index >= 15 is 0 Å². The second-order valence-electron chi connectivity index (χ2n) is 4.77. The number of rotatable bonds is 7. The van der Waals surface area contributed by atoms with Crippen LogP contribution in [0.2, 0.25) is 0 Å². The normalized spacial score (nSPS) is 19.2. The van der Waals surface area contributed by atoms with Crippen LogP contribution in [0.25, 0.3) is 0 Å². The van der Waals surface area contributed by atoms with Gasteiger partial charge in [0.25, 0.3) is 0 Å². The van der Waals surface area contributed by atoms with Crippen molar-refractivity contribution in [1.82, 2.24) is 14.9 Å². The molecule has 1 saturated carbocycles. The predicted octanol–water partition coefficient (Wildman–Crippen LogP) is 1.46. The van der Waals surface area contributed by atoms with Crippen molar-refractivity contribution in [2.45, 2.75) is 44.9 Å². The third-order valence-corrected chi connectivity index (χ3v) is 3.67. The fourth-order valence-electron chi connectivity index (χ4n) is 2.51. The van der Waals surface area contributed by atoms with Crippen molar-refractivity contribution in [1.29, 1.82) is 0 Å². The van der Waals surface area contributed by atoms with Crippen LogP contribution in [0.15, 0.2) is 12.4 Å². The highest BCUT2D eigenvalue weighted by Crippen LogP contribution is 2.36. The summed E-state index contributed by atoms with van der Waals surface area (Å²) >= 11 is 0. The molecule has 2 atom stereocenters. The average Bonchev–Trinajstić information content (AvgIpc) is 3.08. The molecule has 0 aromatic carbocycles. The van der Waals surface area contributed by atoms with Crippen molar-refractivity contribution in [2.24, 2.45) is 5.92 Å². The quantitative estimate of drug-likeness (QED) is 0.780. The molecule has 0 saturated heterocycles.